The molecule has 1 aromatic heterocycles. The SMILES string of the molecule is NC1(Cc2ccc(Br)s2)CCCCC1C1CCCCC1. The summed E-state index contributed by atoms with van der Waals surface area (Å²) in [6.45, 7) is 0. The molecule has 1 heterocycles. The molecule has 2 unspecified atom stereocenters. The highest BCUT2D eigenvalue weighted by molar-refractivity contribution is 9.11. The molecule has 1 nitrogen and oxygen atoms in total. The maximum absolute atomic E-state index is 6.97. The molecule has 0 aliphatic heterocycles. The summed E-state index contributed by atoms with van der Waals surface area (Å²) in [4.78, 5) is 1.46. The summed E-state index contributed by atoms with van der Waals surface area (Å²) in [6, 6.07) is 4.43. The van der Waals surface area contributed by atoms with Crippen LogP contribution in [0, 0.1) is 11.8 Å². The Labute approximate surface area is 135 Å². The molecule has 112 valence electrons. The Kier molecular flexibility index (Phi) is 4.89. The summed E-state index contributed by atoms with van der Waals surface area (Å²) in [7, 11) is 0. The van der Waals surface area contributed by atoms with Gasteiger partial charge in [-0.05, 0) is 52.7 Å². The number of rotatable bonds is 3. The summed E-state index contributed by atoms with van der Waals surface area (Å²) in [5.74, 6) is 1.66. The third-order valence-corrected chi connectivity index (χ3v) is 7.12. The Hall–Kier alpha value is 0.140. The van der Waals surface area contributed by atoms with Crippen molar-refractivity contribution in [2.24, 2.45) is 17.6 Å². The van der Waals surface area contributed by atoms with Crippen LogP contribution in [0.25, 0.3) is 0 Å². The lowest BCUT2D eigenvalue weighted by molar-refractivity contribution is 0.100. The van der Waals surface area contributed by atoms with Crippen LogP contribution in [0.5, 0.6) is 0 Å². The Balaban J connectivity index is 1.75. The number of hydrogen-bond acceptors (Lipinski definition) is 2. The van der Waals surface area contributed by atoms with E-state index in [9.17, 15) is 0 Å². The molecule has 3 heteroatoms. The van der Waals surface area contributed by atoms with Gasteiger partial charge in [0.05, 0.1) is 3.79 Å². The molecular weight excluding hydrogens is 330 g/mol. The van der Waals surface area contributed by atoms with Crippen molar-refractivity contribution in [2.45, 2.75) is 69.7 Å². The fourth-order valence-electron chi connectivity index (χ4n) is 4.52. The molecule has 0 amide bonds. The molecule has 0 spiro atoms. The molecule has 2 aliphatic rings. The zero-order valence-corrected chi connectivity index (χ0v) is 14.6. The number of thiophene rings is 1. The molecular formula is C17H26BrNS. The van der Waals surface area contributed by atoms with Crippen molar-refractivity contribution in [3.63, 3.8) is 0 Å². The predicted octanol–water partition coefficient (Wildman–Crippen LogP) is 5.52. The lowest BCUT2D eigenvalue weighted by Gasteiger charge is -2.46. The minimum atomic E-state index is 0.0601. The monoisotopic (exact) mass is 355 g/mol. The number of nitrogens with two attached hydrogens (primary N) is 1. The smallest absolute Gasteiger partial charge is 0.0701 e. The van der Waals surface area contributed by atoms with E-state index in [1.54, 1.807) is 0 Å². The van der Waals surface area contributed by atoms with Crippen molar-refractivity contribution in [1.82, 2.24) is 0 Å². The summed E-state index contributed by atoms with van der Waals surface area (Å²) < 4.78 is 1.24. The summed E-state index contributed by atoms with van der Waals surface area (Å²) >= 11 is 5.45. The van der Waals surface area contributed by atoms with E-state index in [-0.39, 0.29) is 5.54 Å². The fraction of sp³-hybridized carbons (Fsp3) is 0.765. The van der Waals surface area contributed by atoms with Crippen molar-refractivity contribution in [3.8, 4) is 0 Å². The van der Waals surface area contributed by atoms with Crippen LogP contribution in [0.1, 0.15) is 62.7 Å². The van der Waals surface area contributed by atoms with Crippen LogP contribution in [0.15, 0.2) is 15.9 Å². The first-order valence-electron chi connectivity index (χ1n) is 8.20. The number of hydrogen-bond donors (Lipinski definition) is 1. The van der Waals surface area contributed by atoms with Crippen LogP contribution < -0.4 is 5.73 Å². The van der Waals surface area contributed by atoms with Gasteiger partial charge in [-0.1, -0.05) is 44.9 Å². The third-order valence-electron chi connectivity index (χ3n) is 5.50. The molecule has 0 bridgehead atoms. The van der Waals surface area contributed by atoms with Crippen LogP contribution >= 0.6 is 27.3 Å². The molecule has 2 fully saturated rings. The van der Waals surface area contributed by atoms with Gasteiger partial charge in [0, 0.05) is 16.8 Å². The van der Waals surface area contributed by atoms with Crippen LogP contribution in [-0.2, 0) is 6.42 Å². The van der Waals surface area contributed by atoms with Crippen molar-refractivity contribution in [2.75, 3.05) is 0 Å². The van der Waals surface area contributed by atoms with Gasteiger partial charge < -0.3 is 5.73 Å². The Morgan fingerprint density at radius 2 is 1.85 bits per heavy atom. The quantitative estimate of drug-likeness (QED) is 0.758. The zero-order valence-electron chi connectivity index (χ0n) is 12.2. The maximum Gasteiger partial charge on any atom is 0.0701 e. The molecule has 0 aromatic carbocycles. The first kappa shape index (κ1) is 15.1. The fourth-order valence-corrected chi connectivity index (χ4v) is 6.14. The second-order valence-corrected chi connectivity index (χ2v) is 9.41. The molecule has 2 saturated carbocycles. The Morgan fingerprint density at radius 1 is 1.10 bits per heavy atom. The topological polar surface area (TPSA) is 26.0 Å². The van der Waals surface area contributed by atoms with Crippen molar-refractivity contribution in [1.29, 1.82) is 0 Å². The largest absolute Gasteiger partial charge is 0.325 e. The summed E-state index contributed by atoms with van der Waals surface area (Å²) in [5.41, 5.74) is 7.03. The molecule has 1 aromatic rings. The second kappa shape index (κ2) is 6.50. The van der Waals surface area contributed by atoms with Gasteiger partial charge in [-0.2, -0.15) is 0 Å². The summed E-state index contributed by atoms with van der Waals surface area (Å²) in [6.07, 6.45) is 13.6. The summed E-state index contributed by atoms with van der Waals surface area (Å²) in [5, 5.41) is 0. The van der Waals surface area contributed by atoms with Gasteiger partial charge in [0.25, 0.3) is 0 Å². The van der Waals surface area contributed by atoms with E-state index in [2.05, 4.69) is 28.1 Å². The minimum absolute atomic E-state index is 0.0601. The molecule has 2 N–H and O–H groups in total. The lowest BCUT2D eigenvalue weighted by atomic mass is 9.63. The zero-order chi connectivity index (χ0) is 14.0. The first-order valence-corrected chi connectivity index (χ1v) is 9.81. The molecule has 0 radical (unpaired) electrons. The van der Waals surface area contributed by atoms with Gasteiger partial charge >= 0.3 is 0 Å². The van der Waals surface area contributed by atoms with E-state index in [4.69, 9.17) is 5.73 Å². The lowest BCUT2D eigenvalue weighted by Crippen LogP contribution is -2.53. The average Bonchev–Trinajstić information content (AvgIpc) is 2.85. The van der Waals surface area contributed by atoms with Crippen molar-refractivity contribution >= 4 is 27.3 Å². The van der Waals surface area contributed by atoms with E-state index in [0.29, 0.717) is 0 Å². The number of halogens is 1. The van der Waals surface area contributed by atoms with Crippen molar-refractivity contribution in [3.05, 3.63) is 20.8 Å². The van der Waals surface area contributed by atoms with E-state index in [1.165, 1.54) is 66.5 Å². The van der Waals surface area contributed by atoms with E-state index >= 15 is 0 Å². The van der Waals surface area contributed by atoms with Gasteiger partial charge in [0.15, 0.2) is 0 Å². The molecule has 2 atom stereocenters. The highest BCUT2D eigenvalue weighted by Gasteiger charge is 2.41. The van der Waals surface area contributed by atoms with E-state index < -0.39 is 0 Å². The highest BCUT2D eigenvalue weighted by atomic mass is 79.9. The van der Waals surface area contributed by atoms with Gasteiger partial charge in [-0.15, -0.1) is 11.3 Å². The first-order chi connectivity index (χ1) is 9.67. The normalized spacial score (nSPS) is 32.4. The van der Waals surface area contributed by atoms with E-state index in [0.717, 1.165) is 18.3 Å². The predicted molar refractivity (Wildman–Crippen MR) is 91.2 cm³/mol. The van der Waals surface area contributed by atoms with Crippen molar-refractivity contribution < 1.29 is 0 Å². The van der Waals surface area contributed by atoms with Crippen LogP contribution in [0.4, 0.5) is 0 Å². The van der Waals surface area contributed by atoms with Gasteiger partial charge in [-0.3, -0.25) is 0 Å². The highest BCUT2D eigenvalue weighted by Crippen LogP contribution is 2.44. The van der Waals surface area contributed by atoms with Crippen LogP contribution in [-0.4, -0.2) is 5.54 Å². The van der Waals surface area contributed by atoms with Crippen LogP contribution in [0.3, 0.4) is 0 Å². The maximum atomic E-state index is 6.97. The minimum Gasteiger partial charge on any atom is -0.325 e. The Morgan fingerprint density at radius 3 is 2.55 bits per heavy atom. The van der Waals surface area contributed by atoms with Gasteiger partial charge in [-0.25, -0.2) is 0 Å². The molecule has 2 aliphatic carbocycles. The third kappa shape index (κ3) is 3.31. The van der Waals surface area contributed by atoms with Crippen LogP contribution in [0.2, 0.25) is 0 Å². The van der Waals surface area contributed by atoms with Gasteiger partial charge in [0.2, 0.25) is 0 Å². The molecule has 3 rings (SSSR count). The van der Waals surface area contributed by atoms with E-state index in [1.807, 2.05) is 11.3 Å². The molecule has 20 heavy (non-hydrogen) atoms. The standard InChI is InChI=1S/C17H26BrNS/c18-16-10-9-14(20-16)12-17(19)11-5-4-8-15(17)13-6-2-1-3-7-13/h9-10,13,15H,1-8,11-12,19H2. The Bertz CT molecular complexity index is 438. The van der Waals surface area contributed by atoms with Gasteiger partial charge in [0.1, 0.15) is 0 Å². The average molecular weight is 356 g/mol. The second-order valence-electron chi connectivity index (χ2n) is 6.87. The molecule has 0 saturated heterocycles.